The summed E-state index contributed by atoms with van der Waals surface area (Å²) in [6.45, 7) is 2.66. The van der Waals surface area contributed by atoms with E-state index in [1.807, 2.05) is 66.2 Å². The van der Waals surface area contributed by atoms with Crippen molar-refractivity contribution >= 4 is 45.9 Å². The number of para-hydroxylation sites is 1. The molecule has 1 aliphatic rings. The Kier molecular flexibility index (Phi) is 6.39. The molecule has 2 amide bonds. The molecule has 5 rings (SSSR count). The van der Waals surface area contributed by atoms with E-state index in [0.29, 0.717) is 23.0 Å². The molecule has 1 aliphatic heterocycles. The van der Waals surface area contributed by atoms with Crippen LogP contribution in [0.15, 0.2) is 76.2 Å². The van der Waals surface area contributed by atoms with E-state index in [1.165, 1.54) is 11.0 Å². The van der Waals surface area contributed by atoms with Gasteiger partial charge in [0.2, 0.25) is 5.76 Å². The number of carboxylic acid groups (broad SMARTS) is 1. The van der Waals surface area contributed by atoms with Crippen LogP contribution in [0.5, 0.6) is 5.75 Å². The molecule has 36 heavy (non-hydrogen) atoms. The highest BCUT2D eigenvalue weighted by molar-refractivity contribution is 8.18. The van der Waals surface area contributed by atoms with E-state index in [-0.39, 0.29) is 30.1 Å². The van der Waals surface area contributed by atoms with E-state index in [9.17, 15) is 14.4 Å². The number of rotatable bonds is 8. The second-order valence-corrected chi connectivity index (χ2v) is 9.29. The number of hydrogen-bond acceptors (Lipinski definition) is 6. The maximum atomic E-state index is 13.0. The van der Waals surface area contributed by atoms with E-state index in [2.05, 4.69) is 0 Å². The molecule has 0 aliphatic carbocycles. The number of furan rings is 1. The lowest BCUT2D eigenvalue weighted by atomic mass is 10.1. The van der Waals surface area contributed by atoms with E-state index >= 15 is 0 Å². The molecule has 182 valence electrons. The number of ether oxygens (including phenoxy) is 1. The molecule has 2 aromatic heterocycles. The smallest absolute Gasteiger partial charge is 0.371 e. The average molecular weight is 503 g/mol. The fourth-order valence-corrected chi connectivity index (χ4v) is 4.85. The van der Waals surface area contributed by atoms with Crippen LogP contribution < -0.4 is 4.74 Å². The van der Waals surface area contributed by atoms with Crippen LogP contribution in [-0.4, -0.2) is 44.8 Å². The molecule has 1 N–H and O–H groups in total. The fourth-order valence-electron chi connectivity index (χ4n) is 3.99. The highest BCUT2D eigenvalue weighted by atomic mass is 32.2. The molecule has 0 atom stereocenters. The number of nitrogens with zero attached hydrogens (tertiary/aromatic N) is 2. The Morgan fingerprint density at radius 2 is 1.86 bits per heavy atom. The Bertz CT molecular complexity index is 1500. The van der Waals surface area contributed by atoms with Crippen molar-refractivity contribution in [2.75, 3.05) is 13.2 Å². The number of aryl methyl sites for hydroxylation is 1. The maximum Gasteiger partial charge on any atom is 0.371 e. The van der Waals surface area contributed by atoms with Gasteiger partial charge in [-0.15, -0.1) is 0 Å². The van der Waals surface area contributed by atoms with Crippen LogP contribution in [0.4, 0.5) is 4.79 Å². The summed E-state index contributed by atoms with van der Waals surface area (Å²) >= 11 is 0.903. The van der Waals surface area contributed by atoms with Crippen LogP contribution in [0.3, 0.4) is 0 Å². The molecule has 0 spiro atoms. The number of aromatic carboxylic acids is 1. The lowest BCUT2D eigenvalue weighted by Gasteiger charge is -2.13. The van der Waals surface area contributed by atoms with Gasteiger partial charge in [-0.05, 0) is 55.1 Å². The Morgan fingerprint density at radius 1 is 1.08 bits per heavy atom. The summed E-state index contributed by atoms with van der Waals surface area (Å²) in [6.07, 6.45) is 3.58. The quantitative estimate of drug-likeness (QED) is 0.322. The molecule has 0 saturated carbocycles. The number of amides is 2. The molecule has 0 unspecified atom stereocenters. The predicted octanol–water partition coefficient (Wildman–Crippen LogP) is 5.40. The third kappa shape index (κ3) is 4.78. The van der Waals surface area contributed by atoms with Gasteiger partial charge in [-0.25, -0.2) is 4.79 Å². The molecule has 0 radical (unpaired) electrons. The molecule has 2 aromatic carbocycles. The van der Waals surface area contributed by atoms with Crippen LogP contribution in [-0.2, 0) is 11.3 Å². The minimum absolute atomic E-state index is 0.123. The van der Waals surface area contributed by atoms with E-state index in [1.54, 1.807) is 12.1 Å². The minimum atomic E-state index is -1.13. The number of carbonyl (C=O) groups excluding carboxylic acids is 2. The highest BCUT2D eigenvalue weighted by Crippen LogP contribution is 2.34. The zero-order valence-electron chi connectivity index (χ0n) is 19.3. The van der Waals surface area contributed by atoms with E-state index in [4.69, 9.17) is 14.3 Å². The monoisotopic (exact) mass is 502 g/mol. The van der Waals surface area contributed by atoms with Crippen molar-refractivity contribution in [3.05, 3.63) is 94.4 Å². The molecule has 3 heterocycles. The number of carboxylic acids is 1. The van der Waals surface area contributed by atoms with Gasteiger partial charge in [0.1, 0.15) is 18.1 Å². The Labute approximate surface area is 210 Å². The van der Waals surface area contributed by atoms with Gasteiger partial charge in [-0.3, -0.25) is 14.5 Å². The van der Waals surface area contributed by atoms with Crippen LogP contribution in [0.2, 0.25) is 0 Å². The van der Waals surface area contributed by atoms with Gasteiger partial charge in [-0.1, -0.05) is 35.9 Å². The SMILES string of the molecule is Cc1ccc(OCCN2C(=O)S/C(=C\c3cn(Cc4ccc(C(=O)O)o4)c4ccccc34)C2=O)cc1. The van der Waals surface area contributed by atoms with Crippen LogP contribution >= 0.6 is 11.8 Å². The zero-order chi connectivity index (χ0) is 25.2. The van der Waals surface area contributed by atoms with Gasteiger partial charge < -0.3 is 18.8 Å². The van der Waals surface area contributed by atoms with Crippen molar-refractivity contribution in [3.63, 3.8) is 0 Å². The van der Waals surface area contributed by atoms with Gasteiger partial charge >= 0.3 is 5.97 Å². The summed E-state index contributed by atoms with van der Waals surface area (Å²) < 4.78 is 13.0. The van der Waals surface area contributed by atoms with Crippen LogP contribution in [0.1, 0.15) is 27.4 Å². The molecule has 0 bridgehead atoms. The number of fused-ring (bicyclic) bond motifs is 1. The second kappa shape index (κ2) is 9.79. The zero-order valence-corrected chi connectivity index (χ0v) is 20.2. The molecule has 1 fully saturated rings. The van der Waals surface area contributed by atoms with Crippen molar-refractivity contribution in [3.8, 4) is 5.75 Å². The standard InChI is InChI=1S/C27H22N2O6S/c1-17-6-8-19(9-7-17)34-13-12-29-25(30)24(36-27(29)33)14-18-15-28(22-5-3-2-4-21(18)22)16-20-10-11-23(35-20)26(31)32/h2-11,14-15H,12-13,16H2,1H3,(H,31,32)/b24-14-. The summed E-state index contributed by atoms with van der Waals surface area (Å²) in [5.41, 5.74) is 2.79. The third-order valence-electron chi connectivity index (χ3n) is 5.78. The Morgan fingerprint density at radius 3 is 2.61 bits per heavy atom. The van der Waals surface area contributed by atoms with Gasteiger partial charge in [0, 0.05) is 22.7 Å². The summed E-state index contributed by atoms with van der Waals surface area (Å²) in [6, 6.07) is 18.3. The van der Waals surface area contributed by atoms with Gasteiger partial charge in [0.05, 0.1) is 18.0 Å². The molecule has 9 heteroatoms. The predicted molar refractivity (Wildman–Crippen MR) is 136 cm³/mol. The molecular formula is C27H22N2O6S. The second-order valence-electron chi connectivity index (χ2n) is 8.30. The van der Waals surface area contributed by atoms with Crippen LogP contribution in [0.25, 0.3) is 17.0 Å². The van der Waals surface area contributed by atoms with Crippen LogP contribution in [0, 0.1) is 6.92 Å². The first kappa shape index (κ1) is 23.5. The number of carbonyl (C=O) groups is 3. The summed E-state index contributed by atoms with van der Waals surface area (Å²) in [5.74, 6) is -0.427. The highest BCUT2D eigenvalue weighted by Gasteiger charge is 2.35. The lowest BCUT2D eigenvalue weighted by Crippen LogP contribution is -2.32. The summed E-state index contributed by atoms with van der Waals surface area (Å²) in [7, 11) is 0. The number of benzene rings is 2. The third-order valence-corrected chi connectivity index (χ3v) is 6.69. The fraction of sp³-hybridized carbons (Fsp3) is 0.148. The average Bonchev–Trinajstić information content (AvgIpc) is 3.54. The first-order valence-electron chi connectivity index (χ1n) is 11.2. The molecule has 4 aromatic rings. The summed E-state index contributed by atoms with van der Waals surface area (Å²) in [5, 5.41) is 9.67. The van der Waals surface area contributed by atoms with Crippen molar-refractivity contribution in [2.24, 2.45) is 0 Å². The Balaban J connectivity index is 1.34. The number of hydrogen-bond donors (Lipinski definition) is 1. The topological polar surface area (TPSA) is 102 Å². The first-order chi connectivity index (χ1) is 17.4. The van der Waals surface area contributed by atoms with Crippen molar-refractivity contribution in [2.45, 2.75) is 13.5 Å². The number of imide groups is 1. The van der Waals surface area contributed by atoms with E-state index < -0.39 is 5.97 Å². The number of thioether (sulfide) groups is 1. The minimum Gasteiger partial charge on any atom is -0.492 e. The maximum absolute atomic E-state index is 13.0. The van der Waals surface area contributed by atoms with Gasteiger partial charge in [-0.2, -0.15) is 0 Å². The molecule has 1 saturated heterocycles. The largest absolute Gasteiger partial charge is 0.492 e. The van der Waals surface area contributed by atoms with Crippen molar-refractivity contribution in [1.29, 1.82) is 0 Å². The summed E-state index contributed by atoms with van der Waals surface area (Å²) in [4.78, 5) is 38.2. The van der Waals surface area contributed by atoms with Crippen molar-refractivity contribution < 1.29 is 28.6 Å². The van der Waals surface area contributed by atoms with Crippen molar-refractivity contribution in [1.82, 2.24) is 9.47 Å². The normalized spacial score (nSPS) is 14.8. The van der Waals surface area contributed by atoms with Gasteiger partial charge in [0.25, 0.3) is 11.1 Å². The number of aromatic nitrogens is 1. The molecule has 8 nitrogen and oxygen atoms in total. The first-order valence-corrected chi connectivity index (χ1v) is 12.1. The molecular weight excluding hydrogens is 480 g/mol. The lowest BCUT2D eigenvalue weighted by molar-refractivity contribution is -0.123. The Hall–Kier alpha value is -4.24. The van der Waals surface area contributed by atoms with E-state index in [0.717, 1.165) is 33.8 Å². The van der Waals surface area contributed by atoms with Gasteiger partial charge in [0.15, 0.2) is 0 Å².